The maximum absolute atomic E-state index is 11.5. The highest BCUT2D eigenvalue weighted by Crippen LogP contribution is 2.13. The van der Waals surface area contributed by atoms with Gasteiger partial charge in [-0.1, -0.05) is 0 Å². The third-order valence-electron chi connectivity index (χ3n) is 1.81. The van der Waals surface area contributed by atoms with Crippen molar-refractivity contribution in [1.82, 2.24) is 9.97 Å². The number of ether oxygens (including phenoxy) is 1. The largest absolute Gasteiger partial charge is 0.444 e. The Hall–Kier alpha value is -1.69. The van der Waals surface area contributed by atoms with Gasteiger partial charge in [-0.25, -0.2) is 14.8 Å². The van der Waals surface area contributed by atoms with E-state index in [1.165, 1.54) is 6.20 Å². The Morgan fingerprint density at radius 3 is 2.65 bits per heavy atom. The molecule has 1 amide bonds. The van der Waals surface area contributed by atoms with Gasteiger partial charge in [-0.3, -0.25) is 5.32 Å². The van der Waals surface area contributed by atoms with E-state index >= 15 is 0 Å². The lowest BCUT2D eigenvalue weighted by Gasteiger charge is -2.19. The van der Waals surface area contributed by atoms with Crippen molar-refractivity contribution < 1.29 is 14.6 Å². The van der Waals surface area contributed by atoms with Crippen molar-refractivity contribution in [2.45, 2.75) is 39.9 Å². The number of carbonyl (C=O) groups is 1. The van der Waals surface area contributed by atoms with Crippen molar-refractivity contribution in [2.24, 2.45) is 0 Å². The van der Waals surface area contributed by atoms with E-state index in [1.807, 2.05) is 0 Å². The minimum absolute atomic E-state index is 0.229. The topological polar surface area (TPSA) is 84.3 Å². The molecule has 0 unspecified atom stereocenters. The van der Waals surface area contributed by atoms with Crippen molar-refractivity contribution in [3.63, 3.8) is 0 Å². The highest BCUT2D eigenvalue weighted by atomic mass is 16.6. The first kappa shape index (κ1) is 13.4. The summed E-state index contributed by atoms with van der Waals surface area (Å²) in [6.45, 7) is 6.83. The van der Waals surface area contributed by atoms with Gasteiger partial charge in [0.05, 0.1) is 17.6 Å². The summed E-state index contributed by atoms with van der Waals surface area (Å²) in [6.07, 6.45) is 0.888. The first-order chi connectivity index (χ1) is 7.81. The number of aryl methyl sites for hydroxylation is 1. The van der Waals surface area contributed by atoms with Crippen LogP contribution in [0.5, 0.6) is 0 Å². The number of nitrogens with zero attached hydrogens (tertiary/aromatic N) is 2. The molecule has 1 heterocycles. The number of aliphatic hydroxyl groups is 1. The van der Waals surface area contributed by atoms with E-state index < -0.39 is 11.7 Å². The van der Waals surface area contributed by atoms with Crippen LogP contribution in [0.4, 0.5) is 10.5 Å². The normalized spacial score (nSPS) is 11.1. The summed E-state index contributed by atoms with van der Waals surface area (Å²) in [6, 6.07) is 0. The lowest BCUT2D eigenvalue weighted by atomic mass is 10.2. The molecule has 94 valence electrons. The molecule has 0 aromatic carbocycles. The van der Waals surface area contributed by atoms with E-state index in [0.717, 1.165) is 0 Å². The van der Waals surface area contributed by atoms with Crippen LogP contribution in [0.1, 0.15) is 32.3 Å². The second-order valence-electron chi connectivity index (χ2n) is 4.57. The van der Waals surface area contributed by atoms with Crippen LogP contribution in [0.2, 0.25) is 0 Å². The highest BCUT2D eigenvalue weighted by Gasteiger charge is 2.17. The molecular formula is C11H17N3O3. The van der Waals surface area contributed by atoms with Crippen LogP contribution >= 0.6 is 0 Å². The molecule has 0 aliphatic heterocycles. The van der Waals surface area contributed by atoms with Crippen LogP contribution in [-0.2, 0) is 11.3 Å². The van der Waals surface area contributed by atoms with Crippen LogP contribution in [0, 0.1) is 6.92 Å². The third-order valence-corrected chi connectivity index (χ3v) is 1.81. The first-order valence-corrected chi connectivity index (χ1v) is 5.25. The van der Waals surface area contributed by atoms with Gasteiger partial charge in [-0.15, -0.1) is 0 Å². The molecule has 0 saturated carbocycles. The predicted octanol–water partition coefficient (Wildman–Crippen LogP) is 1.62. The van der Waals surface area contributed by atoms with E-state index in [2.05, 4.69) is 15.3 Å². The van der Waals surface area contributed by atoms with Gasteiger partial charge in [0.1, 0.15) is 12.2 Å². The standard InChI is InChI=1S/C11H17N3O3/c1-7-8(5-12-9(6-15)13-7)14-10(16)17-11(2,3)4/h5,15H,6H2,1-4H3,(H,14,16). The molecule has 1 aromatic heterocycles. The average molecular weight is 239 g/mol. The van der Waals surface area contributed by atoms with Gasteiger partial charge >= 0.3 is 6.09 Å². The molecule has 6 nitrogen and oxygen atoms in total. The highest BCUT2D eigenvalue weighted by molar-refractivity contribution is 5.85. The van der Waals surface area contributed by atoms with Crippen molar-refractivity contribution in [2.75, 3.05) is 5.32 Å². The first-order valence-electron chi connectivity index (χ1n) is 5.25. The fourth-order valence-corrected chi connectivity index (χ4v) is 1.13. The molecule has 2 N–H and O–H groups in total. The Labute approximate surface area is 100 Å². The zero-order chi connectivity index (χ0) is 13.1. The lowest BCUT2D eigenvalue weighted by molar-refractivity contribution is 0.0635. The maximum atomic E-state index is 11.5. The van der Waals surface area contributed by atoms with Gasteiger partial charge in [-0.05, 0) is 27.7 Å². The van der Waals surface area contributed by atoms with Crippen LogP contribution in [-0.4, -0.2) is 26.8 Å². The van der Waals surface area contributed by atoms with Crippen LogP contribution in [0.3, 0.4) is 0 Å². The Morgan fingerprint density at radius 2 is 2.18 bits per heavy atom. The molecule has 0 aliphatic carbocycles. The number of nitrogens with one attached hydrogen (secondary N) is 1. The van der Waals surface area contributed by atoms with E-state index in [-0.39, 0.29) is 6.61 Å². The van der Waals surface area contributed by atoms with E-state index in [1.54, 1.807) is 27.7 Å². The summed E-state index contributed by atoms with van der Waals surface area (Å²) in [5.74, 6) is 0.317. The van der Waals surface area contributed by atoms with Gasteiger partial charge < -0.3 is 9.84 Å². The minimum atomic E-state index is -0.555. The molecule has 0 atom stereocenters. The number of hydrogen-bond acceptors (Lipinski definition) is 5. The molecule has 0 aliphatic rings. The molecule has 0 radical (unpaired) electrons. The molecular weight excluding hydrogens is 222 g/mol. The number of hydrogen-bond donors (Lipinski definition) is 2. The van der Waals surface area contributed by atoms with Gasteiger partial charge in [0, 0.05) is 0 Å². The zero-order valence-electron chi connectivity index (χ0n) is 10.4. The predicted molar refractivity (Wildman–Crippen MR) is 62.5 cm³/mol. The Morgan fingerprint density at radius 1 is 1.53 bits per heavy atom. The monoisotopic (exact) mass is 239 g/mol. The van der Waals surface area contributed by atoms with Gasteiger partial charge in [0.25, 0.3) is 0 Å². The molecule has 0 bridgehead atoms. The van der Waals surface area contributed by atoms with Crippen LogP contribution in [0.25, 0.3) is 0 Å². The Bertz CT molecular complexity index is 413. The molecule has 1 aromatic rings. The SMILES string of the molecule is Cc1nc(CO)ncc1NC(=O)OC(C)(C)C. The molecule has 0 saturated heterocycles. The van der Waals surface area contributed by atoms with E-state index in [0.29, 0.717) is 17.2 Å². The summed E-state index contributed by atoms with van der Waals surface area (Å²) >= 11 is 0. The van der Waals surface area contributed by atoms with E-state index in [9.17, 15) is 4.79 Å². The van der Waals surface area contributed by atoms with Crippen molar-refractivity contribution in [1.29, 1.82) is 0 Å². The van der Waals surface area contributed by atoms with Crippen LogP contribution < -0.4 is 5.32 Å². The van der Waals surface area contributed by atoms with Crippen molar-refractivity contribution >= 4 is 11.8 Å². The average Bonchev–Trinajstić information content (AvgIpc) is 2.18. The zero-order valence-corrected chi connectivity index (χ0v) is 10.4. The number of rotatable bonds is 2. The second-order valence-corrected chi connectivity index (χ2v) is 4.57. The minimum Gasteiger partial charge on any atom is -0.444 e. The molecule has 6 heteroatoms. The maximum Gasteiger partial charge on any atom is 0.412 e. The number of aromatic nitrogens is 2. The quantitative estimate of drug-likeness (QED) is 0.819. The number of carbonyl (C=O) groups excluding carboxylic acids is 1. The van der Waals surface area contributed by atoms with Crippen molar-refractivity contribution in [3.8, 4) is 0 Å². The van der Waals surface area contributed by atoms with Crippen molar-refractivity contribution in [3.05, 3.63) is 17.7 Å². The molecule has 0 spiro atoms. The number of anilines is 1. The van der Waals surface area contributed by atoms with Crippen LogP contribution in [0.15, 0.2) is 6.20 Å². The lowest BCUT2D eigenvalue weighted by Crippen LogP contribution is -2.27. The second kappa shape index (κ2) is 5.09. The fraction of sp³-hybridized carbons (Fsp3) is 0.545. The summed E-state index contributed by atoms with van der Waals surface area (Å²) in [5, 5.41) is 11.4. The molecule has 1 rings (SSSR count). The third kappa shape index (κ3) is 4.36. The van der Waals surface area contributed by atoms with Gasteiger partial charge in [0.15, 0.2) is 5.82 Å². The Balaban J connectivity index is 2.72. The van der Waals surface area contributed by atoms with E-state index in [4.69, 9.17) is 9.84 Å². The molecule has 17 heavy (non-hydrogen) atoms. The number of amides is 1. The fourth-order valence-electron chi connectivity index (χ4n) is 1.13. The Kier molecular flexibility index (Phi) is 4.01. The summed E-state index contributed by atoms with van der Waals surface area (Å²) in [4.78, 5) is 19.4. The summed E-state index contributed by atoms with van der Waals surface area (Å²) in [5.41, 5.74) is 0.496. The molecule has 0 fully saturated rings. The van der Waals surface area contributed by atoms with Gasteiger partial charge in [-0.2, -0.15) is 0 Å². The smallest absolute Gasteiger partial charge is 0.412 e. The summed E-state index contributed by atoms with van der Waals surface area (Å²) < 4.78 is 5.10. The number of aliphatic hydroxyl groups excluding tert-OH is 1. The summed E-state index contributed by atoms with van der Waals surface area (Å²) in [7, 11) is 0. The van der Waals surface area contributed by atoms with Gasteiger partial charge in [0.2, 0.25) is 0 Å².